The van der Waals surface area contributed by atoms with Gasteiger partial charge in [-0.2, -0.15) is 0 Å². The van der Waals surface area contributed by atoms with Crippen molar-refractivity contribution in [2.75, 3.05) is 26.2 Å². The third kappa shape index (κ3) is 8.62. The molecular weight excluding hydrogens is 497 g/mol. The molecule has 0 aliphatic rings. The van der Waals surface area contributed by atoms with E-state index in [1.54, 1.807) is 0 Å². The summed E-state index contributed by atoms with van der Waals surface area (Å²) in [5, 5.41) is 9.14. The summed E-state index contributed by atoms with van der Waals surface area (Å²) in [6.07, 6.45) is 0. The average molecular weight is 527 g/mol. The Morgan fingerprint density at radius 3 is 1.38 bits per heavy atom. The summed E-state index contributed by atoms with van der Waals surface area (Å²) in [6, 6.07) is 0. The molecule has 7 heteroatoms. The maximum atomic E-state index is 11.9. The van der Waals surface area contributed by atoms with E-state index in [2.05, 4.69) is 25.9 Å². The average Bonchev–Trinajstić information content (AvgIpc) is 2.45. The number of rotatable bonds is 10. The van der Waals surface area contributed by atoms with Crippen LogP contribution in [0.4, 0.5) is 0 Å². The van der Waals surface area contributed by atoms with Crippen molar-refractivity contribution in [2.24, 2.45) is 0 Å². The molecule has 0 unspecified atom stereocenters. The molecule has 0 rings (SSSR count). The van der Waals surface area contributed by atoms with Gasteiger partial charge in [0.05, 0.1) is 0 Å². The number of hydrogen-bond acceptors (Lipinski definition) is 3. The normalized spacial score (nSPS) is 12.1. The van der Waals surface area contributed by atoms with Crippen molar-refractivity contribution in [3.05, 3.63) is 0 Å². The Hall–Kier alpha value is 0.479. The van der Waals surface area contributed by atoms with E-state index in [0.29, 0.717) is 13.1 Å². The van der Waals surface area contributed by atoms with Gasteiger partial charge in [-0.15, -0.1) is 0 Å². The van der Waals surface area contributed by atoms with E-state index in [0.717, 1.165) is 13.1 Å². The van der Waals surface area contributed by atoms with Crippen LogP contribution in [0.2, 0.25) is 16.9 Å². The van der Waals surface area contributed by atoms with Crippen LogP contribution in [-0.2, 0) is 9.59 Å². The van der Waals surface area contributed by atoms with Crippen molar-refractivity contribution in [1.82, 2.24) is 16.0 Å². The maximum absolute atomic E-state index is 11.9. The molecule has 0 aliphatic heterocycles. The van der Waals surface area contributed by atoms with E-state index in [-0.39, 0.29) is 60.6 Å². The zero-order valence-electron chi connectivity index (χ0n) is 14.0. The molecule has 21 heavy (non-hydrogen) atoms. The first-order chi connectivity index (χ1) is 9.67. The van der Waals surface area contributed by atoms with E-state index >= 15 is 0 Å². The third-order valence-corrected chi connectivity index (χ3v) is 10.2. The molecule has 3 N–H and O–H groups in total. The van der Waals surface area contributed by atoms with Gasteiger partial charge in [0.25, 0.3) is 0 Å². The predicted molar refractivity (Wildman–Crippen MR) is 90.2 cm³/mol. The van der Waals surface area contributed by atoms with Crippen LogP contribution >= 0.6 is 0 Å². The summed E-state index contributed by atoms with van der Waals surface area (Å²) in [6.45, 7) is 10.8. The number of hydrogen-bond donors (Lipinski definition) is 3. The second-order valence-corrected chi connectivity index (χ2v) is 13.8. The summed E-state index contributed by atoms with van der Waals surface area (Å²) < 4.78 is -0.344. The van der Waals surface area contributed by atoms with Crippen molar-refractivity contribution in [3.63, 3.8) is 0 Å². The monoisotopic (exact) mass is 531 g/mol. The van der Waals surface area contributed by atoms with Gasteiger partial charge in [-0.05, 0) is 0 Å². The number of nitrogens with one attached hydrogen (secondary N) is 3. The van der Waals surface area contributed by atoms with E-state index in [1.165, 1.54) is 0 Å². The van der Waals surface area contributed by atoms with Crippen LogP contribution in [0.15, 0.2) is 0 Å². The molecule has 0 heterocycles. The molecule has 2 amide bonds. The third-order valence-electron chi connectivity index (χ3n) is 3.29. The van der Waals surface area contributed by atoms with Gasteiger partial charge in [-0.25, -0.2) is 0 Å². The first kappa shape index (κ1) is 21.5. The van der Waals surface area contributed by atoms with Gasteiger partial charge in [-0.1, -0.05) is 0 Å². The van der Waals surface area contributed by atoms with Crippen LogP contribution in [0.3, 0.4) is 0 Å². The Balaban J connectivity index is 3.67. The van der Waals surface area contributed by atoms with E-state index < -0.39 is 0 Å². The van der Waals surface area contributed by atoms with Gasteiger partial charge in [0.15, 0.2) is 0 Å². The molecule has 0 saturated carbocycles. The molecule has 0 aromatic rings. The van der Waals surface area contributed by atoms with Gasteiger partial charge in [0.2, 0.25) is 0 Å². The topological polar surface area (TPSA) is 70.2 Å². The minimum absolute atomic E-state index is 0.150. The van der Waals surface area contributed by atoms with Gasteiger partial charge in [0, 0.05) is 0 Å². The van der Waals surface area contributed by atoms with Gasteiger partial charge in [-0.3, -0.25) is 0 Å². The molecule has 0 spiro atoms. The summed E-state index contributed by atoms with van der Waals surface area (Å²) in [7, 11) is 0. The first-order valence-electron chi connectivity index (χ1n) is 7.05. The van der Waals surface area contributed by atoms with Crippen LogP contribution in [0.5, 0.6) is 0 Å². The van der Waals surface area contributed by atoms with Gasteiger partial charge < -0.3 is 0 Å². The fraction of sp³-hybridized carbons (Fsp3) is 0.857. The molecule has 0 aromatic heterocycles. The van der Waals surface area contributed by atoms with Crippen LogP contribution in [0.25, 0.3) is 0 Å². The number of amides is 2. The molecule has 0 saturated heterocycles. The van der Waals surface area contributed by atoms with Crippen molar-refractivity contribution < 1.29 is 9.59 Å². The van der Waals surface area contributed by atoms with Crippen LogP contribution in [0.1, 0.15) is 27.7 Å². The fourth-order valence-electron chi connectivity index (χ4n) is 1.26. The molecule has 5 nitrogen and oxygen atoms in total. The Bertz CT molecular complexity index is 315. The van der Waals surface area contributed by atoms with E-state index in [4.69, 9.17) is 0 Å². The zero-order valence-corrected chi connectivity index (χ0v) is 18.6. The standard InChI is InChI=1S/C14H29N3O2Te2/c1-13(2,20-5)11(18)16-9-7-15-8-10-17-12(19)14(3,4)21-6/h15H,7-10H2,1-6H3,(H,16,18)(H,17,19). The molecule has 124 valence electrons. The molecule has 0 radical (unpaired) electrons. The Kier molecular flexibility index (Phi) is 10.5. The Morgan fingerprint density at radius 2 is 1.10 bits per heavy atom. The summed E-state index contributed by atoms with van der Waals surface area (Å²) in [4.78, 5) is 28.0. The second-order valence-electron chi connectivity index (χ2n) is 5.69. The number of carbonyl (C=O) groups excluding carboxylic acids is 2. The first-order valence-corrected chi connectivity index (χ1v) is 14.0. The zero-order chi connectivity index (χ0) is 16.5. The van der Waals surface area contributed by atoms with Gasteiger partial charge in [0.1, 0.15) is 0 Å². The molecule has 0 atom stereocenters. The fourth-order valence-corrected chi connectivity index (χ4v) is 2.74. The summed E-state index contributed by atoms with van der Waals surface area (Å²) in [5.41, 5.74) is 0. The van der Waals surface area contributed by atoms with Crippen LogP contribution in [0, 0.1) is 0 Å². The van der Waals surface area contributed by atoms with Crippen molar-refractivity contribution in [3.8, 4) is 0 Å². The minimum atomic E-state index is -0.279. The summed E-state index contributed by atoms with van der Waals surface area (Å²) in [5.74, 6) is 0.300. The van der Waals surface area contributed by atoms with Crippen molar-refractivity contribution in [2.45, 2.75) is 44.6 Å². The molecule has 0 aromatic carbocycles. The predicted octanol–water partition coefficient (Wildman–Crippen LogP) is 0.710. The van der Waals surface area contributed by atoms with E-state index in [1.807, 2.05) is 27.7 Å². The summed E-state index contributed by atoms with van der Waals surface area (Å²) >= 11 is -0.559. The van der Waals surface area contributed by atoms with Gasteiger partial charge >= 0.3 is 150 Å². The number of carbonyl (C=O) groups is 2. The SMILES string of the molecule is C[Te]C(C)(C)C(=O)NCCNCCNC(=O)C(C)(C)[Te]C. The second kappa shape index (κ2) is 10.3. The van der Waals surface area contributed by atoms with Crippen LogP contribution < -0.4 is 16.0 Å². The molecule has 0 bridgehead atoms. The molecular formula is C14H29N3O2Te2. The quantitative estimate of drug-likeness (QED) is 0.290. The van der Waals surface area contributed by atoms with Crippen LogP contribution in [-0.4, -0.2) is 79.8 Å². The molecule has 0 fully saturated rings. The van der Waals surface area contributed by atoms with Crippen molar-refractivity contribution in [1.29, 1.82) is 0 Å². The Morgan fingerprint density at radius 1 is 0.762 bits per heavy atom. The van der Waals surface area contributed by atoms with Crippen molar-refractivity contribution >= 4 is 53.7 Å². The van der Waals surface area contributed by atoms with E-state index in [9.17, 15) is 9.59 Å². The Labute approximate surface area is 149 Å². The molecule has 0 aliphatic carbocycles.